The van der Waals surface area contributed by atoms with Gasteiger partial charge in [-0.3, -0.25) is 14.6 Å². The molecule has 0 saturated carbocycles. The summed E-state index contributed by atoms with van der Waals surface area (Å²) in [7, 11) is -5.01. The van der Waals surface area contributed by atoms with Crippen LogP contribution in [0.1, 0.15) is 21.7 Å². The third-order valence-electron chi connectivity index (χ3n) is 5.35. The van der Waals surface area contributed by atoms with Crippen molar-refractivity contribution in [3.05, 3.63) is 77.5 Å². The number of carbonyl (C=O) groups is 1. The SMILES string of the molecule is Cc1nccc(Nc2[nH]nc(-c3ccc(NS(=O)(=O)C(F)F)c(OCCc4ccc(F)cc4)c3)c2C(N)=O)n1. The second-order valence-corrected chi connectivity index (χ2v) is 9.79. The van der Waals surface area contributed by atoms with Gasteiger partial charge in [-0.05, 0) is 42.8 Å². The molecule has 0 atom stereocenters. The lowest BCUT2D eigenvalue weighted by Crippen LogP contribution is -2.21. The second kappa shape index (κ2) is 11.4. The summed E-state index contributed by atoms with van der Waals surface area (Å²) >= 11 is 0. The smallest absolute Gasteiger partial charge is 0.355 e. The molecule has 0 aliphatic rings. The summed E-state index contributed by atoms with van der Waals surface area (Å²) in [6, 6.07) is 11.1. The predicted octanol–water partition coefficient (Wildman–Crippen LogP) is 3.74. The van der Waals surface area contributed by atoms with Crippen LogP contribution in [0.4, 0.5) is 30.5 Å². The number of nitrogens with two attached hydrogens (primary N) is 1. The van der Waals surface area contributed by atoms with Gasteiger partial charge in [-0.15, -0.1) is 0 Å². The van der Waals surface area contributed by atoms with E-state index in [1.165, 1.54) is 36.5 Å². The first-order valence-corrected chi connectivity index (χ1v) is 12.8. The van der Waals surface area contributed by atoms with Gasteiger partial charge in [0.2, 0.25) is 0 Å². The van der Waals surface area contributed by atoms with E-state index in [9.17, 15) is 26.4 Å². The molecular formula is C24H22F3N7O4S. The Bertz CT molecular complexity index is 1600. The van der Waals surface area contributed by atoms with Crippen molar-refractivity contribution in [3.8, 4) is 17.0 Å². The number of amides is 1. The highest BCUT2D eigenvalue weighted by atomic mass is 32.2. The highest BCUT2D eigenvalue weighted by Gasteiger charge is 2.26. The molecule has 0 saturated heterocycles. The lowest BCUT2D eigenvalue weighted by Gasteiger charge is -2.15. The van der Waals surface area contributed by atoms with Crippen molar-refractivity contribution in [1.29, 1.82) is 0 Å². The Kier molecular flexibility index (Phi) is 7.99. The molecule has 2 heterocycles. The fraction of sp³-hybridized carbons (Fsp3) is 0.167. The summed E-state index contributed by atoms with van der Waals surface area (Å²) in [4.78, 5) is 20.6. The quantitative estimate of drug-likeness (QED) is 0.215. The molecule has 15 heteroatoms. The van der Waals surface area contributed by atoms with Crippen LogP contribution in [-0.4, -0.2) is 46.9 Å². The molecule has 0 unspecified atom stereocenters. The highest BCUT2D eigenvalue weighted by Crippen LogP contribution is 2.35. The first-order chi connectivity index (χ1) is 18.5. The Morgan fingerprint density at radius 2 is 1.90 bits per heavy atom. The predicted molar refractivity (Wildman–Crippen MR) is 137 cm³/mol. The van der Waals surface area contributed by atoms with Crippen molar-refractivity contribution < 1.29 is 31.1 Å². The third kappa shape index (κ3) is 6.62. The first-order valence-electron chi connectivity index (χ1n) is 11.3. The number of sulfonamides is 1. The fourth-order valence-corrected chi connectivity index (χ4v) is 4.10. The van der Waals surface area contributed by atoms with Gasteiger partial charge in [-0.25, -0.2) is 22.8 Å². The number of H-pyrrole nitrogens is 1. The number of aryl methyl sites for hydroxylation is 1. The van der Waals surface area contributed by atoms with E-state index in [2.05, 4.69) is 25.5 Å². The number of primary amides is 1. The molecule has 4 aromatic rings. The summed E-state index contributed by atoms with van der Waals surface area (Å²) in [6.45, 7) is 1.67. The maximum absolute atomic E-state index is 13.2. The average molecular weight is 562 g/mol. The minimum atomic E-state index is -5.01. The van der Waals surface area contributed by atoms with Crippen LogP contribution in [0.5, 0.6) is 5.75 Å². The zero-order valence-electron chi connectivity index (χ0n) is 20.3. The molecule has 0 radical (unpaired) electrons. The largest absolute Gasteiger partial charge is 0.491 e. The number of ether oxygens (including phenoxy) is 1. The van der Waals surface area contributed by atoms with Crippen molar-refractivity contribution in [2.75, 3.05) is 16.6 Å². The maximum Gasteiger partial charge on any atom is 0.355 e. The second-order valence-electron chi connectivity index (χ2n) is 8.14. The number of halogens is 3. The van der Waals surface area contributed by atoms with Gasteiger partial charge in [0.05, 0.1) is 12.3 Å². The third-order valence-corrected chi connectivity index (χ3v) is 6.32. The van der Waals surface area contributed by atoms with Crippen molar-refractivity contribution in [2.45, 2.75) is 19.1 Å². The van der Waals surface area contributed by atoms with Crippen LogP contribution in [-0.2, 0) is 16.4 Å². The van der Waals surface area contributed by atoms with Crippen molar-refractivity contribution in [2.24, 2.45) is 5.73 Å². The summed E-state index contributed by atoms with van der Waals surface area (Å²) in [5, 5.41) is 9.74. The van der Waals surface area contributed by atoms with Crippen LogP contribution in [0.2, 0.25) is 0 Å². The minimum absolute atomic E-state index is 0.0123. The Morgan fingerprint density at radius 1 is 1.15 bits per heavy atom. The number of hydrogen-bond acceptors (Lipinski definition) is 8. The van der Waals surface area contributed by atoms with Crippen LogP contribution in [0.25, 0.3) is 11.3 Å². The van der Waals surface area contributed by atoms with E-state index in [4.69, 9.17) is 10.5 Å². The van der Waals surface area contributed by atoms with Gasteiger partial charge >= 0.3 is 5.76 Å². The van der Waals surface area contributed by atoms with E-state index in [0.717, 1.165) is 5.56 Å². The average Bonchev–Trinajstić information content (AvgIpc) is 3.29. The fourth-order valence-electron chi connectivity index (χ4n) is 3.54. The number of alkyl halides is 2. The molecule has 0 aliphatic heterocycles. The Morgan fingerprint density at radius 3 is 2.56 bits per heavy atom. The van der Waals surface area contributed by atoms with Gasteiger partial charge in [0.1, 0.15) is 40.3 Å². The molecule has 11 nitrogen and oxygen atoms in total. The lowest BCUT2D eigenvalue weighted by molar-refractivity contribution is 0.100. The number of nitrogens with one attached hydrogen (secondary N) is 3. The van der Waals surface area contributed by atoms with Crippen molar-refractivity contribution in [3.63, 3.8) is 0 Å². The minimum Gasteiger partial charge on any atom is -0.491 e. The van der Waals surface area contributed by atoms with E-state index in [1.54, 1.807) is 29.8 Å². The van der Waals surface area contributed by atoms with Gasteiger partial charge in [0.15, 0.2) is 0 Å². The standard InChI is InChI=1S/C24H22F3N7O4S/c1-13-29-10-8-19(30-13)31-23-20(22(28)35)21(32-33-23)15-4-7-17(34-39(36,37)24(26)27)18(12-15)38-11-9-14-2-5-16(25)6-3-14/h2-8,10,12,24,34H,9,11H2,1H3,(H2,28,35)(H2,29,30,31,32,33). The molecule has 0 aliphatic carbocycles. The summed E-state index contributed by atoms with van der Waals surface area (Å²) in [5.41, 5.74) is 6.39. The zero-order chi connectivity index (χ0) is 28.2. The van der Waals surface area contributed by atoms with Crippen LogP contribution >= 0.6 is 0 Å². The molecule has 39 heavy (non-hydrogen) atoms. The van der Waals surface area contributed by atoms with Gasteiger partial charge < -0.3 is 15.8 Å². The van der Waals surface area contributed by atoms with E-state index in [1.807, 2.05) is 0 Å². The topological polar surface area (TPSA) is 165 Å². The number of carbonyl (C=O) groups excluding carboxylic acids is 1. The summed E-state index contributed by atoms with van der Waals surface area (Å²) in [5.74, 6) is -4.07. The van der Waals surface area contributed by atoms with Gasteiger partial charge in [-0.1, -0.05) is 18.2 Å². The van der Waals surface area contributed by atoms with Gasteiger partial charge in [0.25, 0.3) is 15.9 Å². The Hall–Kier alpha value is -4.66. The molecule has 0 spiro atoms. The molecule has 204 valence electrons. The maximum atomic E-state index is 13.2. The molecule has 5 N–H and O–H groups in total. The van der Waals surface area contributed by atoms with Crippen LogP contribution in [0.15, 0.2) is 54.7 Å². The molecule has 0 fully saturated rings. The van der Waals surface area contributed by atoms with Crippen LogP contribution in [0, 0.1) is 12.7 Å². The van der Waals surface area contributed by atoms with E-state index in [-0.39, 0.29) is 40.7 Å². The number of aromatic amines is 1. The number of benzene rings is 2. The molecule has 1 amide bonds. The zero-order valence-corrected chi connectivity index (χ0v) is 21.1. The number of anilines is 3. The van der Waals surface area contributed by atoms with Gasteiger partial charge in [0, 0.05) is 18.2 Å². The Balaban J connectivity index is 1.67. The normalized spacial score (nSPS) is 11.4. The van der Waals surface area contributed by atoms with E-state index >= 15 is 0 Å². The number of rotatable bonds is 11. The molecule has 0 bridgehead atoms. The molecule has 2 aromatic carbocycles. The number of aromatic nitrogens is 4. The first kappa shape index (κ1) is 27.4. The summed E-state index contributed by atoms with van der Waals surface area (Å²) in [6.07, 6.45) is 1.81. The summed E-state index contributed by atoms with van der Waals surface area (Å²) < 4.78 is 70.4. The van der Waals surface area contributed by atoms with Gasteiger partial charge in [-0.2, -0.15) is 13.9 Å². The monoisotopic (exact) mass is 561 g/mol. The Labute approximate surface area is 220 Å². The lowest BCUT2D eigenvalue weighted by atomic mass is 10.1. The highest BCUT2D eigenvalue weighted by molar-refractivity contribution is 7.93. The van der Waals surface area contributed by atoms with E-state index < -0.39 is 27.5 Å². The molecule has 2 aromatic heterocycles. The number of hydrogen-bond donors (Lipinski definition) is 4. The van der Waals surface area contributed by atoms with Crippen LogP contribution in [0.3, 0.4) is 0 Å². The number of nitrogens with zero attached hydrogens (tertiary/aromatic N) is 3. The molecular weight excluding hydrogens is 539 g/mol. The van der Waals surface area contributed by atoms with Crippen molar-refractivity contribution >= 4 is 33.3 Å². The van der Waals surface area contributed by atoms with Crippen LogP contribution < -0.4 is 20.5 Å². The van der Waals surface area contributed by atoms with E-state index in [0.29, 0.717) is 18.1 Å². The van der Waals surface area contributed by atoms with Crippen molar-refractivity contribution in [1.82, 2.24) is 20.2 Å². The molecule has 4 rings (SSSR count).